The number of ether oxygens (including phenoxy) is 2. The molecule has 0 spiro atoms. The molecule has 0 fully saturated rings. The summed E-state index contributed by atoms with van der Waals surface area (Å²) in [5.41, 5.74) is 0.733. The molecule has 0 N–H and O–H groups in total. The Morgan fingerprint density at radius 1 is 1.29 bits per heavy atom. The molecule has 0 bridgehead atoms. The molecule has 1 aromatic rings. The molecule has 0 aliphatic rings. The fraction of sp³-hybridized carbons (Fsp3) is 0.375. The van der Waals surface area contributed by atoms with Crippen LogP contribution in [0.25, 0.3) is 6.08 Å². The van der Waals surface area contributed by atoms with Gasteiger partial charge in [-0.05, 0) is 32.1 Å². The molecule has 0 saturated heterocycles. The Balaban J connectivity index is 3.22. The number of nitrogens with zero attached hydrogens (tertiary/aromatic N) is 2. The number of hydrogen-bond donors (Lipinski definition) is 0. The van der Waals surface area contributed by atoms with Gasteiger partial charge in [0, 0.05) is 25.7 Å². The van der Waals surface area contributed by atoms with E-state index in [-0.39, 0.29) is 11.5 Å². The Kier molecular flexibility index (Phi) is 6.28. The largest absolute Gasteiger partial charge is 0.494 e. The summed E-state index contributed by atoms with van der Waals surface area (Å²) >= 11 is 0. The molecule has 0 aliphatic heterocycles. The number of hydrogen-bond acceptors (Lipinski definition) is 4. The van der Waals surface area contributed by atoms with E-state index in [0.29, 0.717) is 30.3 Å². The van der Waals surface area contributed by atoms with E-state index >= 15 is 0 Å². The van der Waals surface area contributed by atoms with Crippen LogP contribution in [-0.2, 0) is 4.79 Å². The summed E-state index contributed by atoms with van der Waals surface area (Å²) in [6.07, 6.45) is 1.53. The maximum atomic E-state index is 11.9. The second kappa shape index (κ2) is 7.95. The van der Waals surface area contributed by atoms with Crippen molar-refractivity contribution in [2.24, 2.45) is 0 Å². The van der Waals surface area contributed by atoms with Crippen LogP contribution in [-0.4, -0.2) is 38.1 Å². The van der Waals surface area contributed by atoms with Gasteiger partial charge in [-0.25, -0.2) is 0 Å². The van der Waals surface area contributed by atoms with E-state index in [1.54, 1.807) is 32.3 Å². The van der Waals surface area contributed by atoms with E-state index in [4.69, 9.17) is 14.7 Å². The molecule has 0 aromatic heterocycles. The topological polar surface area (TPSA) is 62.6 Å². The van der Waals surface area contributed by atoms with Gasteiger partial charge in [-0.1, -0.05) is 0 Å². The highest BCUT2D eigenvalue weighted by molar-refractivity contribution is 6.01. The van der Waals surface area contributed by atoms with Crippen LogP contribution in [0.2, 0.25) is 0 Å². The lowest BCUT2D eigenvalue weighted by molar-refractivity contribution is -0.124. The Bertz CT molecular complexity index is 571. The number of nitriles is 1. The normalized spacial score (nSPS) is 10.7. The minimum absolute atomic E-state index is 0.0603. The van der Waals surface area contributed by atoms with E-state index in [2.05, 4.69) is 0 Å². The molecule has 1 rings (SSSR count). The SMILES string of the molecule is CCOc1ccc(/C=C(/C#N)C(=O)N(C)C)c(OCC)c1. The first-order chi connectivity index (χ1) is 10.0. The number of likely N-dealkylation sites (N-methyl/N-ethyl adjacent to an activating group) is 1. The highest BCUT2D eigenvalue weighted by atomic mass is 16.5. The van der Waals surface area contributed by atoms with Gasteiger partial charge in [-0.15, -0.1) is 0 Å². The van der Waals surface area contributed by atoms with Gasteiger partial charge >= 0.3 is 0 Å². The summed E-state index contributed by atoms with van der Waals surface area (Å²) in [5.74, 6) is 0.937. The summed E-state index contributed by atoms with van der Waals surface area (Å²) < 4.78 is 11.0. The average Bonchev–Trinajstić information content (AvgIpc) is 2.46. The molecule has 112 valence electrons. The van der Waals surface area contributed by atoms with Gasteiger partial charge in [0.05, 0.1) is 13.2 Å². The van der Waals surface area contributed by atoms with E-state index in [9.17, 15) is 4.79 Å². The predicted molar refractivity (Wildman–Crippen MR) is 81.1 cm³/mol. The molecule has 0 radical (unpaired) electrons. The maximum absolute atomic E-state index is 11.9. The van der Waals surface area contributed by atoms with Crippen molar-refractivity contribution in [1.29, 1.82) is 5.26 Å². The second-order valence-corrected chi connectivity index (χ2v) is 4.44. The smallest absolute Gasteiger partial charge is 0.264 e. The first kappa shape index (κ1) is 16.6. The monoisotopic (exact) mass is 288 g/mol. The van der Waals surface area contributed by atoms with E-state index in [1.807, 2.05) is 19.9 Å². The lowest BCUT2D eigenvalue weighted by Crippen LogP contribution is -2.22. The zero-order valence-corrected chi connectivity index (χ0v) is 12.8. The van der Waals surface area contributed by atoms with Crippen molar-refractivity contribution in [2.75, 3.05) is 27.3 Å². The number of benzene rings is 1. The lowest BCUT2D eigenvalue weighted by atomic mass is 10.1. The molecule has 1 aromatic carbocycles. The fourth-order valence-electron chi connectivity index (χ4n) is 1.71. The molecule has 0 heterocycles. The summed E-state index contributed by atoms with van der Waals surface area (Å²) in [7, 11) is 3.21. The van der Waals surface area contributed by atoms with Gasteiger partial charge in [0.1, 0.15) is 23.1 Å². The quantitative estimate of drug-likeness (QED) is 0.596. The van der Waals surface area contributed by atoms with Crippen molar-refractivity contribution in [3.05, 3.63) is 29.3 Å². The third-order valence-electron chi connectivity index (χ3n) is 2.65. The Labute approximate surface area is 125 Å². The minimum atomic E-state index is -0.339. The number of amides is 1. The van der Waals surface area contributed by atoms with Crippen LogP contribution >= 0.6 is 0 Å². The minimum Gasteiger partial charge on any atom is -0.494 e. The van der Waals surface area contributed by atoms with Gasteiger partial charge in [0.25, 0.3) is 5.91 Å². The number of carbonyl (C=O) groups excluding carboxylic acids is 1. The van der Waals surface area contributed by atoms with Gasteiger partial charge < -0.3 is 14.4 Å². The maximum Gasteiger partial charge on any atom is 0.264 e. The molecule has 1 amide bonds. The van der Waals surface area contributed by atoms with Crippen molar-refractivity contribution >= 4 is 12.0 Å². The zero-order chi connectivity index (χ0) is 15.8. The summed E-state index contributed by atoms with van der Waals surface area (Å²) in [6, 6.07) is 7.24. The molecular weight excluding hydrogens is 268 g/mol. The molecule has 0 saturated carbocycles. The first-order valence-electron chi connectivity index (χ1n) is 6.76. The number of carbonyl (C=O) groups is 1. The van der Waals surface area contributed by atoms with Crippen molar-refractivity contribution < 1.29 is 14.3 Å². The van der Waals surface area contributed by atoms with Gasteiger partial charge in [-0.3, -0.25) is 4.79 Å². The second-order valence-electron chi connectivity index (χ2n) is 4.44. The highest BCUT2D eigenvalue weighted by Gasteiger charge is 2.13. The van der Waals surface area contributed by atoms with Gasteiger partial charge in [0.2, 0.25) is 0 Å². The van der Waals surface area contributed by atoms with Crippen LogP contribution in [0.3, 0.4) is 0 Å². The summed E-state index contributed by atoms with van der Waals surface area (Å²) in [4.78, 5) is 13.3. The van der Waals surface area contributed by atoms with Crippen LogP contribution in [0.1, 0.15) is 19.4 Å². The summed E-state index contributed by atoms with van der Waals surface area (Å²) in [6.45, 7) is 4.82. The average molecular weight is 288 g/mol. The molecular formula is C16H20N2O3. The van der Waals surface area contributed by atoms with Crippen LogP contribution in [0.15, 0.2) is 23.8 Å². The van der Waals surface area contributed by atoms with Crippen LogP contribution in [0.4, 0.5) is 0 Å². The van der Waals surface area contributed by atoms with Crippen molar-refractivity contribution in [3.63, 3.8) is 0 Å². The van der Waals surface area contributed by atoms with Crippen LogP contribution in [0.5, 0.6) is 11.5 Å². The third kappa shape index (κ3) is 4.53. The van der Waals surface area contributed by atoms with Gasteiger partial charge in [-0.2, -0.15) is 5.26 Å². The Hall–Kier alpha value is -2.48. The third-order valence-corrected chi connectivity index (χ3v) is 2.65. The van der Waals surface area contributed by atoms with Crippen LogP contribution < -0.4 is 9.47 Å². The predicted octanol–water partition coefficient (Wildman–Crippen LogP) is 2.48. The highest BCUT2D eigenvalue weighted by Crippen LogP contribution is 2.27. The van der Waals surface area contributed by atoms with E-state index in [0.717, 1.165) is 0 Å². The summed E-state index contributed by atoms with van der Waals surface area (Å²) in [5, 5.41) is 9.13. The van der Waals surface area contributed by atoms with Crippen molar-refractivity contribution in [3.8, 4) is 17.6 Å². The van der Waals surface area contributed by atoms with Crippen molar-refractivity contribution in [2.45, 2.75) is 13.8 Å². The molecule has 5 nitrogen and oxygen atoms in total. The first-order valence-corrected chi connectivity index (χ1v) is 6.76. The zero-order valence-electron chi connectivity index (χ0n) is 12.8. The molecule has 5 heteroatoms. The standard InChI is InChI=1S/C16H20N2O3/c1-5-20-14-8-7-12(15(10-14)21-6-2)9-13(11-17)16(19)18(3)4/h7-10H,5-6H2,1-4H3/b13-9-. The molecule has 0 atom stereocenters. The fourth-order valence-corrected chi connectivity index (χ4v) is 1.71. The molecule has 0 unspecified atom stereocenters. The Morgan fingerprint density at radius 2 is 1.95 bits per heavy atom. The van der Waals surface area contributed by atoms with E-state index < -0.39 is 0 Å². The van der Waals surface area contributed by atoms with E-state index in [1.165, 1.54) is 11.0 Å². The van der Waals surface area contributed by atoms with Gasteiger partial charge in [0.15, 0.2) is 0 Å². The van der Waals surface area contributed by atoms with Crippen molar-refractivity contribution in [1.82, 2.24) is 4.90 Å². The Morgan fingerprint density at radius 3 is 2.48 bits per heavy atom. The van der Waals surface area contributed by atoms with Crippen LogP contribution in [0, 0.1) is 11.3 Å². The molecule has 21 heavy (non-hydrogen) atoms. The molecule has 0 aliphatic carbocycles. The number of rotatable bonds is 6. The lowest BCUT2D eigenvalue weighted by Gasteiger charge is -2.12.